The first-order chi connectivity index (χ1) is 19.5. The number of halogens is 8. The molecule has 4 rings (SSSR count). The Morgan fingerprint density at radius 3 is 2.20 bits per heavy atom. The van der Waals surface area contributed by atoms with E-state index >= 15 is 0 Å². The van der Waals surface area contributed by atoms with Crippen LogP contribution in [0, 0.1) is 40.9 Å². The van der Waals surface area contributed by atoms with Crippen LogP contribution in [-0.4, -0.2) is 0 Å². The molecule has 41 heavy (non-hydrogen) atoms. The van der Waals surface area contributed by atoms with E-state index < -0.39 is 58.3 Å². The summed E-state index contributed by atoms with van der Waals surface area (Å²) >= 11 is 0. The van der Waals surface area contributed by atoms with Gasteiger partial charge in [-0.3, -0.25) is 0 Å². The van der Waals surface area contributed by atoms with Crippen LogP contribution >= 0.6 is 0 Å². The second-order valence-corrected chi connectivity index (χ2v) is 9.56. The normalized spacial score (nSPS) is 15.1. The van der Waals surface area contributed by atoms with Gasteiger partial charge in [0.15, 0.2) is 17.5 Å². The monoisotopic (exact) mass is 576 g/mol. The minimum Gasteiger partial charge on any atom is -0.429 e. The Labute approximate surface area is 232 Å². The molecular weight excluding hydrogens is 552 g/mol. The van der Waals surface area contributed by atoms with Gasteiger partial charge in [0.25, 0.3) is 0 Å². The van der Waals surface area contributed by atoms with Gasteiger partial charge in [-0.2, -0.15) is 8.78 Å². The van der Waals surface area contributed by atoms with E-state index in [2.05, 4.69) is 23.5 Å². The van der Waals surface area contributed by atoms with Crippen LogP contribution in [0.3, 0.4) is 0 Å². The minimum absolute atomic E-state index is 0.189. The van der Waals surface area contributed by atoms with E-state index in [0.717, 1.165) is 55.5 Å². The summed E-state index contributed by atoms with van der Waals surface area (Å²) < 4.78 is 118. The van der Waals surface area contributed by atoms with E-state index in [-0.39, 0.29) is 23.1 Å². The maximum absolute atomic E-state index is 14.9. The Bertz CT molecular complexity index is 1540. The van der Waals surface area contributed by atoms with Gasteiger partial charge < -0.3 is 4.74 Å². The van der Waals surface area contributed by atoms with Crippen LogP contribution in [0.2, 0.25) is 0 Å². The Morgan fingerprint density at radius 1 is 0.829 bits per heavy atom. The van der Waals surface area contributed by atoms with Crippen molar-refractivity contribution in [2.45, 2.75) is 51.1 Å². The molecule has 1 nitrogen and oxygen atoms in total. The lowest BCUT2D eigenvalue weighted by Crippen LogP contribution is -2.23. The second kappa shape index (κ2) is 12.6. The average molecular weight is 577 g/mol. The van der Waals surface area contributed by atoms with E-state index in [9.17, 15) is 35.1 Å². The predicted octanol–water partition coefficient (Wildman–Crippen LogP) is 9.76. The second-order valence-electron chi connectivity index (χ2n) is 9.56. The number of alkyl halides is 2. The number of hydrogen-bond donors (Lipinski definition) is 0. The van der Waals surface area contributed by atoms with E-state index in [1.807, 2.05) is 6.08 Å². The zero-order valence-corrected chi connectivity index (χ0v) is 21.8. The van der Waals surface area contributed by atoms with Crippen LogP contribution in [-0.2, 0) is 6.11 Å². The lowest BCUT2D eigenvalue weighted by atomic mass is 9.87. The molecule has 0 N–H and O–H groups in total. The highest BCUT2D eigenvalue weighted by Gasteiger charge is 2.38. The molecule has 0 heterocycles. The van der Waals surface area contributed by atoms with Gasteiger partial charge in [0, 0.05) is 17.5 Å². The first-order valence-corrected chi connectivity index (χ1v) is 12.9. The molecule has 1 aliphatic carbocycles. The van der Waals surface area contributed by atoms with Crippen molar-refractivity contribution in [2.24, 2.45) is 0 Å². The Kier molecular flexibility index (Phi) is 9.21. The third-order valence-corrected chi connectivity index (χ3v) is 6.56. The van der Waals surface area contributed by atoms with Gasteiger partial charge in [0.05, 0.1) is 11.1 Å². The predicted molar refractivity (Wildman–Crippen MR) is 138 cm³/mol. The number of rotatable bonds is 8. The summed E-state index contributed by atoms with van der Waals surface area (Å²) in [5.41, 5.74) is -0.687. The van der Waals surface area contributed by atoms with Crippen molar-refractivity contribution in [1.29, 1.82) is 0 Å². The number of allylic oxidation sites excluding steroid dienone is 4. The summed E-state index contributed by atoms with van der Waals surface area (Å²) in [6.07, 6.45) is 3.04. The van der Waals surface area contributed by atoms with Crippen molar-refractivity contribution in [3.63, 3.8) is 0 Å². The van der Waals surface area contributed by atoms with Gasteiger partial charge in [-0.15, -0.1) is 0 Å². The zero-order valence-electron chi connectivity index (χ0n) is 21.8. The van der Waals surface area contributed by atoms with Gasteiger partial charge in [-0.25, -0.2) is 26.3 Å². The van der Waals surface area contributed by atoms with Gasteiger partial charge in [-0.05, 0) is 72.9 Å². The van der Waals surface area contributed by atoms with Gasteiger partial charge in [-0.1, -0.05) is 43.7 Å². The molecule has 0 radical (unpaired) electrons. The summed E-state index contributed by atoms with van der Waals surface area (Å²) in [6.45, 7) is 2.06. The molecule has 3 aromatic carbocycles. The zero-order chi connectivity index (χ0) is 29.7. The SMILES string of the molecule is CCCCCC1=CCC(c2ccc(C(F)(F)Oc3ccc(C#Cc4cc(F)c(F)c(F)c4)c(F)c3)c(F)c2)C(F)=C1. The van der Waals surface area contributed by atoms with Crippen molar-refractivity contribution < 1.29 is 39.9 Å². The van der Waals surface area contributed by atoms with Gasteiger partial charge in [0.2, 0.25) is 0 Å². The highest BCUT2D eigenvalue weighted by Crippen LogP contribution is 2.39. The highest BCUT2D eigenvalue weighted by atomic mass is 19.3. The molecule has 1 atom stereocenters. The number of hydrogen-bond acceptors (Lipinski definition) is 1. The molecule has 214 valence electrons. The van der Waals surface area contributed by atoms with Gasteiger partial charge >= 0.3 is 6.11 Å². The first-order valence-electron chi connectivity index (χ1n) is 12.9. The fourth-order valence-electron chi connectivity index (χ4n) is 4.38. The fourth-order valence-corrected chi connectivity index (χ4v) is 4.38. The summed E-state index contributed by atoms with van der Waals surface area (Å²) in [6, 6.07) is 6.58. The third kappa shape index (κ3) is 7.18. The lowest BCUT2D eigenvalue weighted by molar-refractivity contribution is -0.187. The number of unbranched alkanes of at least 4 members (excludes halogenated alkanes) is 2. The minimum atomic E-state index is -4.21. The lowest BCUT2D eigenvalue weighted by Gasteiger charge is -2.22. The molecule has 0 bridgehead atoms. The van der Waals surface area contributed by atoms with Crippen molar-refractivity contribution >= 4 is 0 Å². The molecule has 1 unspecified atom stereocenters. The average Bonchev–Trinajstić information content (AvgIpc) is 2.91. The van der Waals surface area contributed by atoms with Crippen LogP contribution in [0.25, 0.3) is 0 Å². The molecule has 0 saturated heterocycles. The van der Waals surface area contributed by atoms with Crippen LogP contribution in [0.15, 0.2) is 72.1 Å². The molecule has 1 aliphatic rings. The maximum atomic E-state index is 14.9. The smallest absolute Gasteiger partial charge is 0.429 e. The summed E-state index contributed by atoms with van der Waals surface area (Å²) in [5.74, 6) is -4.47. The molecule has 0 aromatic heterocycles. The van der Waals surface area contributed by atoms with E-state index in [4.69, 9.17) is 0 Å². The van der Waals surface area contributed by atoms with Crippen LogP contribution in [0.5, 0.6) is 5.75 Å². The molecule has 0 fully saturated rings. The molecule has 0 amide bonds. The van der Waals surface area contributed by atoms with E-state index in [1.165, 1.54) is 12.1 Å². The third-order valence-electron chi connectivity index (χ3n) is 6.56. The number of benzene rings is 3. The Hall–Kier alpha value is -4.06. The Morgan fingerprint density at radius 2 is 1.56 bits per heavy atom. The van der Waals surface area contributed by atoms with Crippen molar-refractivity contribution in [3.8, 4) is 17.6 Å². The van der Waals surface area contributed by atoms with Crippen LogP contribution < -0.4 is 4.74 Å². The first kappa shape index (κ1) is 29.9. The molecule has 0 saturated carbocycles. The topological polar surface area (TPSA) is 9.23 Å². The quantitative estimate of drug-likeness (QED) is 0.112. The number of ether oxygens (including phenoxy) is 1. The van der Waals surface area contributed by atoms with Crippen molar-refractivity contribution in [3.05, 3.63) is 123 Å². The fraction of sp³-hybridized carbons (Fsp3) is 0.250. The molecule has 9 heteroatoms. The van der Waals surface area contributed by atoms with Crippen molar-refractivity contribution in [2.75, 3.05) is 0 Å². The molecular formula is C32H24F8O. The summed E-state index contributed by atoms with van der Waals surface area (Å²) in [4.78, 5) is 0. The van der Waals surface area contributed by atoms with Gasteiger partial charge in [0.1, 0.15) is 23.2 Å². The molecule has 0 spiro atoms. The summed E-state index contributed by atoms with van der Waals surface area (Å²) in [7, 11) is 0. The maximum Gasteiger partial charge on any atom is 0.429 e. The summed E-state index contributed by atoms with van der Waals surface area (Å²) in [5, 5.41) is 0. The van der Waals surface area contributed by atoms with Crippen molar-refractivity contribution in [1.82, 2.24) is 0 Å². The highest BCUT2D eigenvalue weighted by molar-refractivity contribution is 5.46. The largest absolute Gasteiger partial charge is 0.429 e. The molecule has 3 aromatic rings. The van der Waals surface area contributed by atoms with Crippen LogP contribution in [0.1, 0.15) is 67.2 Å². The standard InChI is InChI=1S/C32H24F8O/c1-2-3-4-5-19-7-12-24(27(34)14-19)22-10-13-25(28(35)17-22)32(39,40)41-23-11-9-21(26(33)18-23)8-6-20-15-29(36)31(38)30(37)16-20/h7,9-11,13-18,24H,2-5,12H2,1H3. The van der Waals surface area contributed by atoms with E-state index in [1.54, 1.807) is 0 Å². The van der Waals surface area contributed by atoms with Crippen LogP contribution in [0.4, 0.5) is 35.1 Å². The van der Waals surface area contributed by atoms with E-state index in [0.29, 0.717) is 18.2 Å². The molecule has 0 aliphatic heterocycles. The Balaban J connectivity index is 1.47.